The summed E-state index contributed by atoms with van der Waals surface area (Å²) in [4.78, 5) is 27.7. The SMILES string of the molecule is C=CCN1C(=O)C(O)(CC(=O)c2c(C)c(C)cc(C)c2C)c2ccccc21. The molecule has 4 heteroatoms. The molecule has 0 radical (unpaired) electrons. The van der Waals surface area contributed by atoms with E-state index < -0.39 is 11.5 Å². The minimum Gasteiger partial charge on any atom is -0.375 e. The monoisotopic (exact) mass is 363 g/mol. The molecule has 27 heavy (non-hydrogen) atoms. The number of fused-ring (bicyclic) bond motifs is 1. The van der Waals surface area contributed by atoms with Crippen LogP contribution in [0.5, 0.6) is 0 Å². The Bertz CT molecular complexity index is 934. The molecular weight excluding hydrogens is 338 g/mol. The Hall–Kier alpha value is -2.72. The molecule has 0 spiro atoms. The molecule has 2 aromatic carbocycles. The molecule has 1 atom stereocenters. The van der Waals surface area contributed by atoms with Crippen LogP contribution < -0.4 is 4.90 Å². The minimum absolute atomic E-state index is 0.220. The number of hydrogen-bond acceptors (Lipinski definition) is 3. The van der Waals surface area contributed by atoms with Gasteiger partial charge < -0.3 is 10.0 Å². The maximum Gasteiger partial charge on any atom is 0.264 e. The Morgan fingerprint density at radius 3 is 2.33 bits per heavy atom. The van der Waals surface area contributed by atoms with Gasteiger partial charge in [0.1, 0.15) is 0 Å². The maximum absolute atomic E-state index is 13.2. The third-order valence-corrected chi connectivity index (χ3v) is 5.61. The Balaban J connectivity index is 2.07. The van der Waals surface area contributed by atoms with E-state index >= 15 is 0 Å². The third-order valence-electron chi connectivity index (χ3n) is 5.61. The molecule has 1 aliphatic heterocycles. The fourth-order valence-corrected chi connectivity index (χ4v) is 3.94. The molecule has 0 saturated heterocycles. The number of carbonyl (C=O) groups excluding carboxylic acids is 2. The highest BCUT2D eigenvalue weighted by Gasteiger charge is 2.50. The number of hydrogen-bond donors (Lipinski definition) is 1. The van der Waals surface area contributed by atoms with Gasteiger partial charge in [-0.2, -0.15) is 0 Å². The second kappa shape index (κ2) is 6.78. The van der Waals surface area contributed by atoms with Crippen LogP contribution in [0.4, 0.5) is 5.69 Å². The standard InChI is InChI=1S/C23H25NO3/c1-6-11-24-19-10-8-7-9-18(19)23(27,22(24)26)13-20(25)21-16(4)14(2)12-15(3)17(21)5/h6-10,12,27H,1,11,13H2,2-5H3. The van der Waals surface area contributed by atoms with Crippen molar-refractivity contribution in [2.24, 2.45) is 0 Å². The summed E-state index contributed by atoms with van der Waals surface area (Å²) in [5.41, 5.74) is 3.71. The van der Waals surface area contributed by atoms with E-state index in [-0.39, 0.29) is 18.7 Å². The lowest BCUT2D eigenvalue weighted by Gasteiger charge is -2.23. The van der Waals surface area contributed by atoms with Crippen LogP contribution in [0, 0.1) is 27.7 Å². The molecule has 1 aliphatic rings. The summed E-state index contributed by atoms with van der Waals surface area (Å²) < 4.78 is 0. The zero-order chi connectivity index (χ0) is 19.9. The first-order valence-corrected chi connectivity index (χ1v) is 9.07. The fourth-order valence-electron chi connectivity index (χ4n) is 3.94. The number of rotatable bonds is 5. The van der Waals surface area contributed by atoms with Crippen LogP contribution in [0.15, 0.2) is 43.0 Å². The highest BCUT2D eigenvalue weighted by atomic mass is 16.3. The van der Waals surface area contributed by atoms with Crippen LogP contribution in [-0.4, -0.2) is 23.3 Å². The van der Waals surface area contributed by atoms with E-state index in [2.05, 4.69) is 12.6 Å². The number of aryl methyl sites for hydroxylation is 2. The zero-order valence-corrected chi connectivity index (χ0v) is 16.3. The van der Waals surface area contributed by atoms with Crippen molar-refractivity contribution in [3.05, 3.63) is 76.4 Å². The Morgan fingerprint density at radius 2 is 1.74 bits per heavy atom. The first-order chi connectivity index (χ1) is 12.7. The first kappa shape index (κ1) is 19.1. The van der Waals surface area contributed by atoms with E-state index in [0.717, 1.165) is 22.3 Å². The van der Waals surface area contributed by atoms with Crippen molar-refractivity contribution >= 4 is 17.4 Å². The average Bonchev–Trinajstić information content (AvgIpc) is 2.83. The molecule has 0 bridgehead atoms. The van der Waals surface area contributed by atoms with Gasteiger partial charge in [-0.1, -0.05) is 30.3 Å². The van der Waals surface area contributed by atoms with Gasteiger partial charge in [-0.05, 0) is 56.0 Å². The molecule has 0 saturated carbocycles. The van der Waals surface area contributed by atoms with Crippen molar-refractivity contribution < 1.29 is 14.7 Å². The van der Waals surface area contributed by atoms with Gasteiger partial charge in [-0.15, -0.1) is 6.58 Å². The number of anilines is 1. The molecule has 0 aromatic heterocycles. The number of nitrogens with zero attached hydrogens (tertiary/aromatic N) is 1. The number of para-hydroxylation sites is 1. The molecule has 1 N–H and O–H groups in total. The van der Waals surface area contributed by atoms with E-state index in [1.165, 1.54) is 4.90 Å². The number of benzene rings is 2. The van der Waals surface area contributed by atoms with Gasteiger partial charge in [0.2, 0.25) is 0 Å². The highest BCUT2D eigenvalue weighted by Crippen LogP contribution is 2.43. The zero-order valence-electron chi connectivity index (χ0n) is 16.3. The predicted molar refractivity (Wildman–Crippen MR) is 107 cm³/mol. The van der Waals surface area contributed by atoms with Crippen molar-refractivity contribution in [1.82, 2.24) is 0 Å². The van der Waals surface area contributed by atoms with Crippen LogP contribution in [-0.2, 0) is 10.4 Å². The lowest BCUT2D eigenvalue weighted by atomic mass is 9.84. The summed E-state index contributed by atoms with van der Waals surface area (Å²) in [7, 11) is 0. The average molecular weight is 363 g/mol. The van der Waals surface area contributed by atoms with Gasteiger partial charge >= 0.3 is 0 Å². The summed E-state index contributed by atoms with van der Waals surface area (Å²) >= 11 is 0. The lowest BCUT2D eigenvalue weighted by molar-refractivity contribution is -0.135. The second-order valence-electron chi connectivity index (χ2n) is 7.32. The van der Waals surface area contributed by atoms with E-state index in [1.54, 1.807) is 24.3 Å². The first-order valence-electron chi connectivity index (χ1n) is 9.07. The lowest BCUT2D eigenvalue weighted by Crippen LogP contribution is -2.42. The van der Waals surface area contributed by atoms with Gasteiger partial charge in [-0.3, -0.25) is 9.59 Å². The van der Waals surface area contributed by atoms with Gasteiger partial charge in [0.05, 0.1) is 12.1 Å². The largest absolute Gasteiger partial charge is 0.375 e. The summed E-state index contributed by atoms with van der Waals surface area (Å²) in [5, 5.41) is 11.3. The molecule has 2 aromatic rings. The summed E-state index contributed by atoms with van der Waals surface area (Å²) in [5.74, 6) is -0.695. The van der Waals surface area contributed by atoms with Crippen LogP contribution >= 0.6 is 0 Å². The molecule has 1 unspecified atom stereocenters. The molecule has 0 fully saturated rings. The molecule has 3 rings (SSSR count). The minimum atomic E-state index is -1.85. The van der Waals surface area contributed by atoms with Crippen molar-refractivity contribution in [2.45, 2.75) is 39.7 Å². The smallest absolute Gasteiger partial charge is 0.264 e. The van der Waals surface area contributed by atoms with Crippen molar-refractivity contribution in [3.8, 4) is 0 Å². The molecule has 4 nitrogen and oxygen atoms in total. The van der Waals surface area contributed by atoms with Crippen molar-refractivity contribution in [2.75, 3.05) is 11.4 Å². The number of carbonyl (C=O) groups is 2. The second-order valence-corrected chi connectivity index (χ2v) is 7.32. The number of Topliss-reactive ketones (excluding diaryl/α,β-unsaturated/α-hetero) is 1. The van der Waals surface area contributed by atoms with Crippen LogP contribution in [0.1, 0.15) is 44.6 Å². The van der Waals surface area contributed by atoms with E-state index in [1.807, 2.05) is 33.8 Å². The van der Waals surface area contributed by atoms with Gasteiger partial charge in [-0.25, -0.2) is 0 Å². The number of aliphatic hydroxyl groups is 1. The van der Waals surface area contributed by atoms with Crippen LogP contribution in [0.3, 0.4) is 0 Å². The molecule has 1 heterocycles. The molecule has 1 amide bonds. The van der Waals surface area contributed by atoms with Gasteiger partial charge in [0.25, 0.3) is 5.91 Å². The van der Waals surface area contributed by atoms with Gasteiger partial charge in [0, 0.05) is 17.7 Å². The summed E-state index contributed by atoms with van der Waals surface area (Å²) in [6, 6.07) is 9.13. The maximum atomic E-state index is 13.2. The van der Waals surface area contributed by atoms with E-state index in [0.29, 0.717) is 16.8 Å². The van der Waals surface area contributed by atoms with E-state index in [9.17, 15) is 14.7 Å². The number of ketones is 1. The normalized spacial score (nSPS) is 18.6. The van der Waals surface area contributed by atoms with Crippen LogP contribution in [0.2, 0.25) is 0 Å². The van der Waals surface area contributed by atoms with Crippen LogP contribution in [0.25, 0.3) is 0 Å². The Morgan fingerprint density at radius 1 is 1.15 bits per heavy atom. The quantitative estimate of drug-likeness (QED) is 0.647. The molecule has 0 aliphatic carbocycles. The summed E-state index contributed by atoms with van der Waals surface area (Å²) in [6.45, 7) is 11.7. The van der Waals surface area contributed by atoms with Gasteiger partial charge in [0.15, 0.2) is 11.4 Å². The Labute approximate surface area is 160 Å². The van der Waals surface area contributed by atoms with Crippen molar-refractivity contribution in [1.29, 1.82) is 0 Å². The predicted octanol–water partition coefficient (Wildman–Crippen LogP) is 3.91. The van der Waals surface area contributed by atoms with Crippen molar-refractivity contribution in [3.63, 3.8) is 0 Å². The number of amides is 1. The topological polar surface area (TPSA) is 57.6 Å². The highest BCUT2D eigenvalue weighted by molar-refractivity contribution is 6.11. The summed E-state index contributed by atoms with van der Waals surface area (Å²) in [6.07, 6.45) is 1.33. The third kappa shape index (κ3) is 2.90. The van der Waals surface area contributed by atoms with E-state index in [4.69, 9.17) is 0 Å². The fraction of sp³-hybridized carbons (Fsp3) is 0.304. The molecule has 140 valence electrons. The Kier molecular flexibility index (Phi) is 4.79. The molecular formula is C23H25NO3.